The van der Waals surface area contributed by atoms with Crippen molar-refractivity contribution in [2.45, 2.75) is 40.7 Å². The van der Waals surface area contributed by atoms with E-state index >= 15 is 0 Å². The van der Waals surface area contributed by atoms with Gasteiger partial charge in [-0.1, -0.05) is 39.8 Å². The van der Waals surface area contributed by atoms with Crippen molar-refractivity contribution in [3.63, 3.8) is 0 Å². The highest BCUT2D eigenvalue weighted by atomic mass is 16.5. The summed E-state index contributed by atoms with van der Waals surface area (Å²) in [5.41, 5.74) is 1.98. The second kappa shape index (κ2) is 11.4. The molecule has 3 rings (SSSR count). The number of benzene rings is 2. The molecule has 1 fully saturated rings. The van der Waals surface area contributed by atoms with Crippen molar-refractivity contribution >= 4 is 17.4 Å². The Balaban J connectivity index is 2.04. The number of likely N-dealkylation sites (tertiary alicyclic amines) is 1. The molecule has 188 valence electrons. The Kier molecular flexibility index (Phi) is 8.57. The van der Waals surface area contributed by atoms with E-state index in [0.717, 1.165) is 18.7 Å². The fraction of sp³-hybridized carbons (Fsp3) is 0.429. The number of phenolic OH excluding ortho intramolecular Hbond substituents is 1. The third-order valence-corrected chi connectivity index (χ3v) is 6.32. The Morgan fingerprint density at radius 3 is 2.31 bits per heavy atom. The molecular weight excluding hydrogens is 444 g/mol. The number of hydrogen-bond donors (Lipinski definition) is 2. The van der Waals surface area contributed by atoms with Crippen LogP contribution in [0.4, 0.5) is 0 Å². The van der Waals surface area contributed by atoms with Gasteiger partial charge in [0.25, 0.3) is 11.7 Å². The standard InChI is InChI=1S/C28H36N2O5/c1-6-29(7-2)14-15-30-25(20-8-11-22(31)12-9-20)24(27(33)28(30)34)26(32)21-10-13-23(19(5)16-21)35-17-18(3)4/h8-13,16,18,25,31-32H,6-7,14-15,17H2,1-5H3/t25-/m0/s1. The molecule has 1 amide bonds. The van der Waals surface area contributed by atoms with Crippen molar-refractivity contribution in [1.82, 2.24) is 9.80 Å². The van der Waals surface area contributed by atoms with Crippen LogP contribution < -0.4 is 4.74 Å². The highest BCUT2D eigenvalue weighted by Gasteiger charge is 2.46. The molecule has 0 bridgehead atoms. The van der Waals surface area contributed by atoms with Gasteiger partial charge in [-0.2, -0.15) is 0 Å². The van der Waals surface area contributed by atoms with Gasteiger partial charge in [-0.15, -0.1) is 0 Å². The summed E-state index contributed by atoms with van der Waals surface area (Å²) < 4.78 is 5.84. The summed E-state index contributed by atoms with van der Waals surface area (Å²) >= 11 is 0. The quantitative estimate of drug-likeness (QED) is 0.296. The van der Waals surface area contributed by atoms with Crippen molar-refractivity contribution in [3.05, 3.63) is 64.7 Å². The van der Waals surface area contributed by atoms with E-state index in [-0.39, 0.29) is 17.1 Å². The summed E-state index contributed by atoms with van der Waals surface area (Å²) in [6, 6.07) is 10.9. The number of phenols is 1. The molecule has 35 heavy (non-hydrogen) atoms. The van der Waals surface area contributed by atoms with Crippen LogP contribution in [0.2, 0.25) is 0 Å². The number of amides is 1. The minimum atomic E-state index is -0.747. The highest BCUT2D eigenvalue weighted by Crippen LogP contribution is 2.40. The first-order valence-corrected chi connectivity index (χ1v) is 12.2. The van der Waals surface area contributed by atoms with E-state index in [1.807, 2.05) is 20.8 Å². The maximum Gasteiger partial charge on any atom is 0.295 e. The largest absolute Gasteiger partial charge is 0.508 e. The number of carbonyl (C=O) groups excluding carboxylic acids is 2. The lowest BCUT2D eigenvalue weighted by atomic mass is 9.94. The molecule has 0 aliphatic carbocycles. The number of Topliss-reactive ketones (excluding diaryl/α,β-unsaturated/α-hetero) is 1. The number of aromatic hydroxyl groups is 1. The van der Waals surface area contributed by atoms with Crippen LogP contribution in [-0.4, -0.2) is 64.5 Å². The Morgan fingerprint density at radius 1 is 1.09 bits per heavy atom. The number of ether oxygens (including phenoxy) is 1. The van der Waals surface area contributed by atoms with Crippen LogP contribution in [0.25, 0.3) is 5.76 Å². The monoisotopic (exact) mass is 480 g/mol. The third-order valence-electron chi connectivity index (χ3n) is 6.32. The van der Waals surface area contributed by atoms with E-state index in [9.17, 15) is 19.8 Å². The summed E-state index contributed by atoms with van der Waals surface area (Å²) in [4.78, 5) is 30.0. The van der Waals surface area contributed by atoms with Gasteiger partial charge in [-0.3, -0.25) is 9.59 Å². The van der Waals surface area contributed by atoms with Gasteiger partial charge in [-0.25, -0.2) is 0 Å². The first-order chi connectivity index (χ1) is 16.7. The molecule has 0 unspecified atom stereocenters. The Morgan fingerprint density at radius 2 is 1.74 bits per heavy atom. The first-order valence-electron chi connectivity index (χ1n) is 12.2. The molecular formula is C28H36N2O5. The summed E-state index contributed by atoms with van der Waals surface area (Å²) in [6.45, 7) is 13.3. The Bertz CT molecular complexity index is 1090. The minimum Gasteiger partial charge on any atom is -0.508 e. The number of rotatable bonds is 10. The Labute approximate surface area is 207 Å². The van der Waals surface area contributed by atoms with E-state index in [0.29, 0.717) is 42.5 Å². The molecule has 1 heterocycles. The number of ketones is 1. The van der Waals surface area contributed by atoms with Gasteiger partial charge in [-0.05, 0) is 67.4 Å². The zero-order valence-electron chi connectivity index (χ0n) is 21.2. The number of aryl methyl sites for hydroxylation is 1. The number of likely N-dealkylation sites (N-methyl/N-ethyl adjacent to an activating group) is 1. The highest BCUT2D eigenvalue weighted by molar-refractivity contribution is 6.46. The van der Waals surface area contributed by atoms with E-state index in [2.05, 4.69) is 18.7 Å². The van der Waals surface area contributed by atoms with Crippen molar-refractivity contribution < 1.29 is 24.5 Å². The zero-order chi connectivity index (χ0) is 25.7. The maximum absolute atomic E-state index is 13.2. The molecule has 7 nitrogen and oxygen atoms in total. The average Bonchev–Trinajstić information content (AvgIpc) is 3.08. The fourth-order valence-corrected chi connectivity index (χ4v) is 4.27. The molecule has 1 atom stereocenters. The first kappa shape index (κ1) is 26.3. The van der Waals surface area contributed by atoms with E-state index < -0.39 is 17.7 Å². The van der Waals surface area contributed by atoms with Gasteiger partial charge in [0, 0.05) is 18.7 Å². The lowest BCUT2D eigenvalue weighted by Crippen LogP contribution is -2.38. The zero-order valence-corrected chi connectivity index (χ0v) is 21.2. The van der Waals surface area contributed by atoms with E-state index in [4.69, 9.17) is 4.74 Å². The molecule has 2 aromatic rings. The summed E-state index contributed by atoms with van der Waals surface area (Å²) in [5, 5.41) is 21.1. The van der Waals surface area contributed by atoms with Crippen LogP contribution in [0.1, 0.15) is 50.4 Å². The Hall–Kier alpha value is -3.32. The van der Waals surface area contributed by atoms with Gasteiger partial charge in [0.15, 0.2) is 0 Å². The normalized spacial score (nSPS) is 17.6. The number of carbonyl (C=O) groups is 2. The lowest BCUT2D eigenvalue weighted by Gasteiger charge is -2.28. The maximum atomic E-state index is 13.2. The van der Waals surface area contributed by atoms with Gasteiger partial charge >= 0.3 is 0 Å². The van der Waals surface area contributed by atoms with Crippen LogP contribution in [0.5, 0.6) is 11.5 Å². The number of nitrogens with zero attached hydrogens (tertiary/aromatic N) is 2. The molecule has 0 spiro atoms. The van der Waals surface area contributed by atoms with Crippen LogP contribution in [0.15, 0.2) is 48.0 Å². The molecule has 7 heteroatoms. The topological polar surface area (TPSA) is 90.3 Å². The van der Waals surface area contributed by atoms with Crippen LogP contribution in [0.3, 0.4) is 0 Å². The predicted octanol–water partition coefficient (Wildman–Crippen LogP) is 4.50. The fourth-order valence-electron chi connectivity index (χ4n) is 4.27. The smallest absolute Gasteiger partial charge is 0.295 e. The van der Waals surface area contributed by atoms with E-state index in [1.54, 1.807) is 30.3 Å². The minimum absolute atomic E-state index is 0.0514. The molecule has 2 aromatic carbocycles. The van der Waals surface area contributed by atoms with Crippen LogP contribution in [0, 0.1) is 12.8 Å². The average molecular weight is 481 g/mol. The van der Waals surface area contributed by atoms with Gasteiger partial charge in [0.2, 0.25) is 0 Å². The predicted molar refractivity (Wildman–Crippen MR) is 136 cm³/mol. The van der Waals surface area contributed by atoms with Crippen LogP contribution in [-0.2, 0) is 9.59 Å². The van der Waals surface area contributed by atoms with Crippen LogP contribution >= 0.6 is 0 Å². The van der Waals surface area contributed by atoms with Crippen molar-refractivity contribution in [2.24, 2.45) is 5.92 Å². The van der Waals surface area contributed by atoms with Crippen molar-refractivity contribution in [2.75, 3.05) is 32.8 Å². The van der Waals surface area contributed by atoms with E-state index in [1.165, 1.54) is 17.0 Å². The molecule has 1 aliphatic heterocycles. The molecule has 0 aromatic heterocycles. The summed E-state index contributed by atoms with van der Waals surface area (Å²) in [6.07, 6.45) is 0. The van der Waals surface area contributed by atoms with Gasteiger partial charge in [0.05, 0.1) is 18.2 Å². The third kappa shape index (κ3) is 5.85. The number of aliphatic hydroxyl groups is 1. The molecule has 2 N–H and O–H groups in total. The molecule has 0 saturated carbocycles. The lowest BCUT2D eigenvalue weighted by molar-refractivity contribution is -0.140. The van der Waals surface area contributed by atoms with Crippen molar-refractivity contribution in [1.29, 1.82) is 0 Å². The summed E-state index contributed by atoms with van der Waals surface area (Å²) in [5.74, 6) is -0.389. The molecule has 1 saturated heterocycles. The second-order valence-electron chi connectivity index (χ2n) is 9.30. The van der Waals surface area contributed by atoms with Gasteiger partial charge < -0.3 is 24.7 Å². The van der Waals surface area contributed by atoms with Crippen molar-refractivity contribution in [3.8, 4) is 11.5 Å². The summed E-state index contributed by atoms with van der Waals surface area (Å²) in [7, 11) is 0. The molecule has 1 aliphatic rings. The SMILES string of the molecule is CCN(CC)CCN1C(=O)C(=O)C(=C(O)c2ccc(OCC(C)C)c(C)c2)[C@@H]1c1ccc(O)cc1. The second-order valence-corrected chi connectivity index (χ2v) is 9.30. The number of aliphatic hydroxyl groups excluding tert-OH is 1. The van der Waals surface area contributed by atoms with Gasteiger partial charge in [0.1, 0.15) is 17.3 Å². The molecule has 0 radical (unpaired) electrons. The number of hydrogen-bond acceptors (Lipinski definition) is 6.